The number of unbranched alkanes of at least 4 members (excludes halogenated alkanes) is 3. The Morgan fingerprint density at radius 2 is 1.94 bits per heavy atom. The van der Waals surface area contributed by atoms with Gasteiger partial charge in [-0.2, -0.15) is 0 Å². The molecule has 0 saturated heterocycles. The molecule has 0 saturated carbocycles. The first-order valence-electron chi connectivity index (χ1n) is 7.11. The molecular weight excluding hydrogens is 222 g/mol. The van der Waals surface area contributed by atoms with E-state index in [1.807, 2.05) is 0 Å². The summed E-state index contributed by atoms with van der Waals surface area (Å²) >= 11 is 0. The van der Waals surface area contributed by atoms with Crippen LogP contribution in [0.1, 0.15) is 55.6 Å². The second-order valence-corrected chi connectivity index (χ2v) is 5.30. The zero-order valence-corrected chi connectivity index (χ0v) is 11.0. The van der Waals surface area contributed by atoms with Gasteiger partial charge in [0.25, 0.3) is 0 Å². The molecule has 1 aromatic rings. The van der Waals surface area contributed by atoms with Crippen LogP contribution >= 0.6 is 0 Å². The molecule has 2 nitrogen and oxygen atoms in total. The first-order valence-corrected chi connectivity index (χ1v) is 7.11. The second kappa shape index (κ2) is 6.69. The molecule has 2 rings (SSSR count). The zero-order chi connectivity index (χ0) is 12.8. The molecule has 1 aliphatic carbocycles. The van der Waals surface area contributed by atoms with Crippen LogP contribution in [0.15, 0.2) is 24.3 Å². The Labute approximate surface area is 110 Å². The van der Waals surface area contributed by atoms with Crippen LogP contribution in [0, 0.1) is 0 Å². The fourth-order valence-electron chi connectivity index (χ4n) is 2.74. The summed E-state index contributed by atoms with van der Waals surface area (Å²) in [6.45, 7) is 0.771. The van der Waals surface area contributed by atoms with E-state index in [0.717, 1.165) is 51.5 Å². The minimum atomic E-state index is 0.433. The van der Waals surface area contributed by atoms with Crippen molar-refractivity contribution >= 4 is 5.78 Å². The second-order valence-electron chi connectivity index (χ2n) is 5.30. The third-order valence-electron chi connectivity index (χ3n) is 3.85. The lowest BCUT2D eigenvalue weighted by Crippen LogP contribution is -2.19. The minimum Gasteiger partial charge on any atom is -0.330 e. The maximum Gasteiger partial charge on any atom is 0.133 e. The Hall–Kier alpha value is -1.15. The molecule has 0 radical (unpaired) electrons. The standard InChI is InChI=1S/C16H23NO/c17-10-6-2-1-3-8-15(18)12-14-11-13-7-4-5-9-16(13)14/h4-5,7,9,14H,1-3,6,8,10-12,17H2. The molecule has 0 aliphatic heterocycles. The molecule has 2 heteroatoms. The topological polar surface area (TPSA) is 43.1 Å². The number of carbonyl (C=O) groups excluding carboxylic acids is 1. The van der Waals surface area contributed by atoms with Gasteiger partial charge in [-0.15, -0.1) is 0 Å². The van der Waals surface area contributed by atoms with Crippen LogP contribution in [-0.2, 0) is 11.2 Å². The van der Waals surface area contributed by atoms with Crippen LogP contribution in [0.5, 0.6) is 0 Å². The summed E-state index contributed by atoms with van der Waals surface area (Å²) in [6, 6.07) is 8.48. The Balaban J connectivity index is 1.64. The van der Waals surface area contributed by atoms with Gasteiger partial charge in [0.1, 0.15) is 5.78 Å². The van der Waals surface area contributed by atoms with E-state index in [2.05, 4.69) is 24.3 Å². The summed E-state index contributed by atoms with van der Waals surface area (Å²) in [4.78, 5) is 11.9. The highest BCUT2D eigenvalue weighted by Crippen LogP contribution is 2.37. The Kier molecular flexibility index (Phi) is 4.94. The number of fused-ring (bicyclic) bond motifs is 1. The number of ketones is 1. The molecule has 0 bridgehead atoms. The maximum absolute atomic E-state index is 11.9. The van der Waals surface area contributed by atoms with Crippen LogP contribution in [0.2, 0.25) is 0 Å². The van der Waals surface area contributed by atoms with Crippen LogP contribution in [0.4, 0.5) is 0 Å². The molecule has 98 valence electrons. The van der Waals surface area contributed by atoms with Crippen LogP contribution in [-0.4, -0.2) is 12.3 Å². The number of nitrogens with two attached hydrogens (primary N) is 1. The lowest BCUT2D eigenvalue weighted by Gasteiger charge is -2.29. The van der Waals surface area contributed by atoms with Gasteiger partial charge in [-0.05, 0) is 42.9 Å². The molecular formula is C16H23NO. The molecule has 2 N–H and O–H groups in total. The maximum atomic E-state index is 11.9. The minimum absolute atomic E-state index is 0.433. The fourth-order valence-corrected chi connectivity index (χ4v) is 2.74. The molecule has 0 spiro atoms. The van der Waals surface area contributed by atoms with Gasteiger partial charge in [0.05, 0.1) is 0 Å². The predicted molar refractivity (Wildman–Crippen MR) is 74.7 cm³/mol. The van der Waals surface area contributed by atoms with E-state index in [0.29, 0.717) is 11.7 Å². The number of hydrogen-bond donors (Lipinski definition) is 1. The number of rotatable bonds is 8. The molecule has 0 fully saturated rings. The lowest BCUT2D eigenvalue weighted by molar-refractivity contribution is -0.119. The number of Topliss-reactive ketones (excluding diaryl/α,β-unsaturated/α-hetero) is 1. The zero-order valence-electron chi connectivity index (χ0n) is 11.0. The van der Waals surface area contributed by atoms with E-state index in [4.69, 9.17) is 5.73 Å². The van der Waals surface area contributed by atoms with Crippen molar-refractivity contribution in [3.63, 3.8) is 0 Å². The molecule has 0 amide bonds. The molecule has 0 aromatic heterocycles. The van der Waals surface area contributed by atoms with Crippen molar-refractivity contribution in [2.75, 3.05) is 6.54 Å². The summed E-state index contributed by atoms with van der Waals surface area (Å²) in [6.07, 6.45) is 7.02. The Bertz CT molecular complexity index is 400. The summed E-state index contributed by atoms with van der Waals surface area (Å²) < 4.78 is 0. The van der Waals surface area contributed by atoms with Gasteiger partial charge in [0.15, 0.2) is 0 Å². The quantitative estimate of drug-likeness (QED) is 0.715. The normalized spacial score (nSPS) is 17.1. The number of benzene rings is 1. The first-order chi connectivity index (χ1) is 8.81. The third kappa shape index (κ3) is 3.42. The van der Waals surface area contributed by atoms with Crippen molar-refractivity contribution in [1.82, 2.24) is 0 Å². The van der Waals surface area contributed by atoms with Crippen LogP contribution in [0.3, 0.4) is 0 Å². The van der Waals surface area contributed by atoms with E-state index in [9.17, 15) is 4.79 Å². The molecule has 1 aliphatic rings. The van der Waals surface area contributed by atoms with Crippen LogP contribution < -0.4 is 5.73 Å². The molecule has 1 aromatic carbocycles. The largest absolute Gasteiger partial charge is 0.330 e. The van der Waals surface area contributed by atoms with Gasteiger partial charge in [-0.1, -0.05) is 37.1 Å². The van der Waals surface area contributed by atoms with Gasteiger partial charge in [0, 0.05) is 12.8 Å². The summed E-state index contributed by atoms with van der Waals surface area (Å²) in [7, 11) is 0. The van der Waals surface area contributed by atoms with E-state index in [1.54, 1.807) is 0 Å². The first kappa shape index (κ1) is 13.3. The van der Waals surface area contributed by atoms with E-state index in [1.165, 1.54) is 11.1 Å². The van der Waals surface area contributed by atoms with Crippen molar-refractivity contribution in [3.8, 4) is 0 Å². The predicted octanol–water partition coefficient (Wildman–Crippen LogP) is 3.19. The summed E-state index contributed by atoms with van der Waals surface area (Å²) in [5.74, 6) is 0.931. The lowest BCUT2D eigenvalue weighted by atomic mass is 9.75. The number of hydrogen-bond acceptors (Lipinski definition) is 2. The fraction of sp³-hybridized carbons (Fsp3) is 0.562. The third-order valence-corrected chi connectivity index (χ3v) is 3.85. The molecule has 1 atom stereocenters. The number of carbonyl (C=O) groups is 1. The Morgan fingerprint density at radius 3 is 2.72 bits per heavy atom. The van der Waals surface area contributed by atoms with Gasteiger partial charge in [0.2, 0.25) is 0 Å². The van der Waals surface area contributed by atoms with Crippen molar-refractivity contribution in [2.45, 2.75) is 50.9 Å². The van der Waals surface area contributed by atoms with Gasteiger partial charge in [-0.25, -0.2) is 0 Å². The van der Waals surface area contributed by atoms with E-state index in [-0.39, 0.29) is 0 Å². The summed E-state index contributed by atoms with van der Waals surface area (Å²) in [5.41, 5.74) is 8.27. The molecule has 0 heterocycles. The van der Waals surface area contributed by atoms with Gasteiger partial charge >= 0.3 is 0 Å². The SMILES string of the molecule is NCCCCCCC(=O)CC1Cc2ccccc21. The van der Waals surface area contributed by atoms with Crippen LogP contribution in [0.25, 0.3) is 0 Å². The van der Waals surface area contributed by atoms with Crippen molar-refractivity contribution in [3.05, 3.63) is 35.4 Å². The molecule has 1 unspecified atom stereocenters. The highest BCUT2D eigenvalue weighted by atomic mass is 16.1. The Morgan fingerprint density at radius 1 is 1.17 bits per heavy atom. The van der Waals surface area contributed by atoms with Gasteiger partial charge in [-0.3, -0.25) is 4.79 Å². The monoisotopic (exact) mass is 245 g/mol. The van der Waals surface area contributed by atoms with Crippen molar-refractivity contribution in [1.29, 1.82) is 0 Å². The highest BCUT2D eigenvalue weighted by Gasteiger charge is 2.26. The molecule has 18 heavy (non-hydrogen) atoms. The van der Waals surface area contributed by atoms with Crippen molar-refractivity contribution in [2.24, 2.45) is 5.73 Å². The average molecular weight is 245 g/mol. The average Bonchev–Trinajstić information content (AvgIpc) is 2.36. The van der Waals surface area contributed by atoms with Crippen molar-refractivity contribution < 1.29 is 4.79 Å². The van der Waals surface area contributed by atoms with E-state index < -0.39 is 0 Å². The summed E-state index contributed by atoms with van der Waals surface area (Å²) in [5, 5.41) is 0. The highest BCUT2D eigenvalue weighted by molar-refractivity contribution is 5.79. The van der Waals surface area contributed by atoms with E-state index >= 15 is 0 Å². The smallest absolute Gasteiger partial charge is 0.133 e. The van der Waals surface area contributed by atoms with Gasteiger partial charge < -0.3 is 5.73 Å².